The van der Waals surface area contributed by atoms with E-state index in [4.69, 9.17) is 0 Å². The van der Waals surface area contributed by atoms with Gasteiger partial charge in [0.1, 0.15) is 0 Å². The van der Waals surface area contributed by atoms with Crippen molar-refractivity contribution in [1.82, 2.24) is 0 Å². The van der Waals surface area contributed by atoms with Crippen molar-refractivity contribution in [3.8, 4) is 0 Å². The smallest absolute Gasteiger partial charge is 0.166 e. The standard InChI is InChI=1S/C19H26O3S/c1-4-13-8-12(3)9-14(5-2)18(13)19(20)15-10-16-6-7-17(11-15)23(16,21)22/h8-9,15-17H,4-7,10-11H2,1-3H3. The van der Waals surface area contributed by atoms with E-state index in [1.807, 2.05) is 0 Å². The van der Waals surface area contributed by atoms with Crippen LogP contribution in [0.1, 0.15) is 66.6 Å². The predicted octanol–water partition coefficient (Wildman–Crippen LogP) is 3.66. The molecule has 0 aliphatic carbocycles. The van der Waals surface area contributed by atoms with Crippen LogP contribution in [0.5, 0.6) is 0 Å². The third-order valence-corrected chi connectivity index (χ3v) is 8.37. The summed E-state index contributed by atoms with van der Waals surface area (Å²) in [6.45, 7) is 6.24. The summed E-state index contributed by atoms with van der Waals surface area (Å²) in [7, 11) is -2.97. The number of rotatable bonds is 4. The van der Waals surface area contributed by atoms with Gasteiger partial charge in [0.2, 0.25) is 0 Å². The zero-order valence-electron chi connectivity index (χ0n) is 14.3. The first-order valence-corrected chi connectivity index (χ1v) is 10.4. The van der Waals surface area contributed by atoms with Gasteiger partial charge in [0, 0.05) is 11.5 Å². The number of carbonyl (C=O) groups is 1. The van der Waals surface area contributed by atoms with Crippen molar-refractivity contribution in [3.63, 3.8) is 0 Å². The number of carbonyl (C=O) groups excluding carboxylic acids is 1. The molecule has 0 radical (unpaired) electrons. The molecule has 23 heavy (non-hydrogen) atoms. The molecule has 0 aromatic heterocycles. The van der Waals surface area contributed by atoms with E-state index in [0.29, 0.717) is 12.8 Å². The van der Waals surface area contributed by atoms with Crippen LogP contribution in [0.2, 0.25) is 0 Å². The largest absolute Gasteiger partial charge is 0.294 e. The van der Waals surface area contributed by atoms with Crippen molar-refractivity contribution in [2.24, 2.45) is 5.92 Å². The molecule has 3 rings (SSSR count). The normalized spacial score (nSPS) is 28.7. The van der Waals surface area contributed by atoms with E-state index < -0.39 is 9.84 Å². The highest BCUT2D eigenvalue weighted by atomic mass is 32.2. The topological polar surface area (TPSA) is 51.2 Å². The van der Waals surface area contributed by atoms with Crippen LogP contribution in [0.25, 0.3) is 0 Å². The Morgan fingerprint density at radius 3 is 1.96 bits per heavy atom. The lowest BCUT2D eigenvalue weighted by atomic mass is 9.84. The van der Waals surface area contributed by atoms with Gasteiger partial charge in [0.25, 0.3) is 0 Å². The van der Waals surface area contributed by atoms with E-state index in [1.54, 1.807) is 0 Å². The van der Waals surface area contributed by atoms with Gasteiger partial charge in [-0.1, -0.05) is 31.5 Å². The van der Waals surface area contributed by atoms with Crippen LogP contribution in [0, 0.1) is 12.8 Å². The fraction of sp³-hybridized carbons (Fsp3) is 0.632. The maximum absolute atomic E-state index is 13.2. The highest BCUT2D eigenvalue weighted by molar-refractivity contribution is 7.93. The summed E-state index contributed by atoms with van der Waals surface area (Å²) in [6.07, 6.45) is 4.22. The predicted molar refractivity (Wildman–Crippen MR) is 92.7 cm³/mol. The molecule has 1 aromatic rings. The van der Waals surface area contributed by atoms with Crippen LogP contribution in [-0.2, 0) is 22.7 Å². The molecule has 2 atom stereocenters. The van der Waals surface area contributed by atoms with E-state index in [1.165, 1.54) is 5.56 Å². The van der Waals surface area contributed by atoms with Gasteiger partial charge in [-0.25, -0.2) is 8.42 Å². The Kier molecular flexibility index (Phi) is 4.39. The third-order valence-electron chi connectivity index (χ3n) is 5.66. The van der Waals surface area contributed by atoms with Gasteiger partial charge in [-0.15, -0.1) is 0 Å². The van der Waals surface area contributed by atoms with Gasteiger partial charge in [0.05, 0.1) is 10.5 Å². The summed E-state index contributed by atoms with van der Waals surface area (Å²) < 4.78 is 24.5. The molecule has 2 fully saturated rings. The average molecular weight is 334 g/mol. The molecule has 2 aliphatic rings. The first-order valence-electron chi connectivity index (χ1n) is 8.77. The Labute approximate surface area is 139 Å². The van der Waals surface area contributed by atoms with Crippen LogP contribution in [-0.4, -0.2) is 24.7 Å². The Balaban J connectivity index is 1.96. The summed E-state index contributed by atoms with van der Waals surface area (Å²) in [6, 6.07) is 4.22. The molecule has 1 aromatic carbocycles. The van der Waals surface area contributed by atoms with E-state index in [-0.39, 0.29) is 22.2 Å². The van der Waals surface area contributed by atoms with Crippen molar-refractivity contribution in [3.05, 3.63) is 34.4 Å². The van der Waals surface area contributed by atoms with Gasteiger partial charge in [-0.2, -0.15) is 0 Å². The van der Waals surface area contributed by atoms with Gasteiger partial charge < -0.3 is 0 Å². The van der Waals surface area contributed by atoms with Crippen LogP contribution in [0.3, 0.4) is 0 Å². The van der Waals surface area contributed by atoms with E-state index >= 15 is 0 Å². The molecule has 2 saturated heterocycles. The Morgan fingerprint density at radius 1 is 1.04 bits per heavy atom. The Hall–Kier alpha value is -1.16. The summed E-state index contributed by atoms with van der Waals surface area (Å²) in [5.41, 5.74) is 4.31. The lowest BCUT2D eigenvalue weighted by Gasteiger charge is -2.28. The molecule has 2 bridgehead atoms. The van der Waals surface area contributed by atoms with Crippen molar-refractivity contribution in [2.45, 2.75) is 69.8 Å². The lowest BCUT2D eigenvalue weighted by molar-refractivity contribution is 0.0903. The summed E-state index contributed by atoms with van der Waals surface area (Å²) in [5.74, 6) is 0.0693. The van der Waals surface area contributed by atoms with Crippen LogP contribution in [0.15, 0.2) is 12.1 Å². The van der Waals surface area contributed by atoms with Crippen LogP contribution < -0.4 is 0 Å². The van der Waals surface area contributed by atoms with Gasteiger partial charge in [-0.3, -0.25) is 4.79 Å². The quantitative estimate of drug-likeness (QED) is 0.790. The van der Waals surface area contributed by atoms with Crippen molar-refractivity contribution >= 4 is 15.6 Å². The van der Waals surface area contributed by atoms with Gasteiger partial charge in [0.15, 0.2) is 15.6 Å². The van der Waals surface area contributed by atoms with Crippen molar-refractivity contribution < 1.29 is 13.2 Å². The molecule has 3 nitrogen and oxygen atoms in total. The second-order valence-electron chi connectivity index (χ2n) is 7.11. The minimum atomic E-state index is -2.97. The second-order valence-corrected chi connectivity index (χ2v) is 9.62. The molecule has 0 N–H and O–H groups in total. The molecule has 0 saturated carbocycles. The molecule has 126 valence electrons. The first kappa shape index (κ1) is 16.7. The number of Topliss-reactive ketones (excluding diaryl/α,β-unsaturated/α-hetero) is 1. The number of ketones is 1. The van der Waals surface area contributed by atoms with E-state index in [2.05, 4.69) is 32.9 Å². The van der Waals surface area contributed by atoms with Gasteiger partial charge >= 0.3 is 0 Å². The summed E-state index contributed by atoms with van der Waals surface area (Å²) in [4.78, 5) is 13.2. The SMILES string of the molecule is CCc1cc(C)cc(CC)c1C(=O)C1CC2CCC(C1)S2(=O)=O. The van der Waals surface area contributed by atoms with Gasteiger partial charge in [-0.05, 0) is 56.6 Å². The number of sulfone groups is 1. The van der Waals surface area contributed by atoms with E-state index in [9.17, 15) is 13.2 Å². The Morgan fingerprint density at radius 2 is 1.52 bits per heavy atom. The summed E-state index contributed by atoms with van der Waals surface area (Å²) >= 11 is 0. The van der Waals surface area contributed by atoms with Crippen LogP contribution >= 0.6 is 0 Å². The molecular formula is C19H26O3S. The molecule has 2 unspecified atom stereocenters. The molecular weight excluding hydrogens is 308 g/mol. The van der Waals surface area contributed by atoms with E-state index in [0.717, 1.165) is 42.4 Å². The van der Waals surface area contributed by atoms with Crippen molar-refractivity contribution in [1.29, 1.82) is 0 Å². The molecule has 2 aliphatic heterocycles. The maximum Gasteiger partial charge on any atom is 0.166 e. The summed E-state index contributed by atoms with van der Waals surface area (Å²) in [5, 5.41) is -0.563. The average Bonchev–Trinajstić information content (AvgIpc) is 2.71. The fourth-order valence-electron chi connectivity index (χ4n) is 4.44. The molecule has 0 amide bonds. The number of fused-ring (bicyclic) bond motifs is 2. The number of aryl methyl sites for hydroxylation is 3. The molecule has 2 heterocycles. The lowest BCUT2D eigenvalue weighted by Crippen LogP contribution is -2.36. The number of hydrogen-bond acceptors (Lipinski definition) is 3. The highest BCUT2D eigenvalue weighted by Gasteiger charge is 2.48. The zero-order chi connectivity index (χ0) is 16.8. The monoisotopic (exact) mass is 334 g/mol. The molecule has 0 spiro atoms. The highest BCUT2D eigenvalue weighted by Crippen LogP contribution is 2.42. The third kappa shape index (κ3) is 2.75. The van der Waals surface area contributed by atoms with Crippen LogP contribution in [0.4, 0.5) is 0 Å². The minimum absolute atomic E-state index is 0.116. The number of hydrogen-bond donors (Lipinski definition) is 0. The molecule has 4 heteroatoms. The maximum atomic E-state index is 13.2. The number of benzene rings is 1. The second kappa shape index (κ2) is 6.04. The minimum Gasteiger partial charge on any atom is -0.294 e. The first-order chi connectivity index (χ1) is 10.9. The Bertz CT molecular complexity index is 688. The fourth-order valence-corrected chi connectivity index (χ4v) is 6.92. The van der Waals surface area contributed by atoms with Crippen molar-refractivity contribution in [2.75, 3.05) is 0 Å². The zero-order valence-corrected chi connectivity index (χ0v) is 15.1.